The number of aromatic amines is 1. The van der Waals surface area contributed by atoms with E-state index < -0.39 is 0 Å². The molecule has 5 nitrogen and oxygen atoms in total. The van der Waals surface area contributed by atoms with Gasteiger partial charge in [-0.15, -0.1) is 0 Å². The van der Waals surface area contributed by atoms with E-state index in [0.29, 0.717) is 11.3 Å². The number of benzene rings is 1. The third-order valence-electron chi connectivity index (χ3n) is 3.51. The molecule has 0 radical (unpaired) electrons. The van der Waals surface area contributed by atoms with Crippen LogP contribution in [0.3, 0.4) is 0 Å². The number of H-pyrrole nitrogens is 1. The molecule has 0 saturated heterocycles. The Morgan fingerprint density at radius 2 is 2.18 bits per heavy atom. The fourth-order valence-electron chi connectivity index (χ4n) is 2.54. The summed E-state index contributed by atoms with van der Waals surface area (Å²) in [6.45, 7) is -0.0471. The molecule has 2 heterocycles. The number of hydrogen-bond donors (Lipinski definition) is 3. The molecule has 5 heteroatoms. The van der Waals surface area contributed by atoms with Gasteiger partial charge in [0.15, 0.2) is 0 Å². The zero-order valence-corrected chi connectivity index (χ0v) is 12.1. The number of carbonyl (C=O) groups excluding carboxylic acids is 1. The molecule has 3 N–H and O–H groups in total. The van der Waals surface area contributed by atoms with Gasteiger partial charge in [0.2, 0.25) is 0 Å². The number of ether oxygens (including phenoxy) is 1. The Bertz CT molecular complexity index is 772. The zero-order valence-electron chi connectivity index (χ0n) is 12.1. The molecule has 112 valence electrons. The summed E-state index contributed by atoms with van der Waals surface area (Å²) in [5, 5.41) is 11.8. The van der Waals surface area contributed by atoms with E-state index in [0.717, 1.165) is 22.5 Å². The van der Waals surface area contributed by atoms with Crippen LogP contribution in [0.4, 0.5) is 5.69 Å². The van der Waals surface area contributed by atoms with Gasteiger partial charge in [-0.3, -0.25) is 4.79 Å². The predicted octanol–water partition coefficient (Wildman–Crippen LogP) is 2.52. The lowest BCUT2D eigenvalue weighted by Crippen LogP contribution is -2.03. The Kier molecular flexibility index (Phi) is 3.80. The highest BCUT2D eigenvalue weighted by molar-refractivity contribution is 6.35. The van der Waals surface area contributed by atoms with Gasteiger partial charge in [-0.25, -0.2) is 0 Å². The molecular weight excluding hydrogens is 280 g/mol. The molecule has 0 bridgehead atoms. The SMILES string of the molecule is COc1cc[nH]c1C=C1C(=O)Nc2cccc(C=CCO)c21. The van der Waals surface area contributed by atoms with E-state index in [9.17, 15) is 4.79 Å². The van der Waals surface area contributed by atoms with Gasteiger partial charge in [0, 0.05) is 17.4 Å². The van der Waals surface area contributed by atoms with Gasteiger partial charge in [-0.1, -0.05) is 24.3 Å². The molecule has 1 aromatic carbocycles. The van der Waals surface area contributed by atoms with Gasteiger partial charge in [0.25, 0.3) is 5.91 Å². The summed E-state index contributed by atoms with van der Waals surface area (Å²) in [5.74, 6) is 0.522. The summed E-state index contributed by atoms with van der Waals surface area (Å²) in [5.41, 5.74) is 3.77. The number of hydrogen-bond acceptors (Lipinski definition) is 3. The fraction of sp³-hybridized carbons (Fsp3) is 0.118. The predicted molar refractivity (Wildman–Crippen MR) is 86.4 cm³/mol. The summed E-state index contributed by atoms with van der Waals surface area (Å²) in [6.07, 6.45) is 6.98. The Hall–Kier alpha value is -2.79. The maximum Gasteiger partial charge on any atom is 0.256 e. The van der Waals surface area contributed by atoms with Crippen LogP contribution >= 0.6 is 0 Å². The minimum absolute atomic E-state index is 0.0471. The molecule has 0 unspecified atom stereocenters. The van der Waals surface area contributed by atoms with Crippen LogP contribution in [0.25, 0.3) is 17.7 Å². The highest BCUT2D eigenvalue weighted by Gasteiger charge is 2.26. The second-order valence-corrected chi connectivity index (χ2v) is 4.83. The van der Waals surface area contributed by atoms with Crippen LogP contribution in [-0.2, 0) is 4.79 Å². The smallest absolute Gasteiger partial charge is 0.256 e. The van der Waals surface area contributed by atoms with Gasteiger partial charge < -0.3 is 20.1 Å². The third kappa shape index (κ3) is 2.42. The van der Waals surface area contributed by atoms with Crippen molar-refractivity contribution in [2.75, 3.05) is 19.0 Å². The quantitative estimate of drug-likeness (QED) is 0.759. The molecule has 2 aromatic rings. The van der Waals surface area contributed by atoms with Crippen LogP contribution in [0.5, 0.6) is 5.75 Å². The van der Waals surface area contributed by atoms with Crippen LogP contribution in [0.15, 0.2) is 36.5 Å². The van der Waals surface area contributed by atoms with Crippen molar-refractivity contribution >= 4 is 29.3 Å². The van der Waals surface area contributed by atoms with E-state index in [1.807, 2.05) is 18.2 Å². The van der Waals surface area contributed by atoms with Crippen molar-refractivity contribution in [1.29, 1.82) is 0 Å². The highest BCUT2D eigenvalue weighted by atomic mass is 16.5. The average Bonchev–Trinajstić information content (AvgIpc) is 3.10. The highest BCUT2D eigenvalue weighted by Crippen LogP contribution is 2.37. The lowest BCUT2D eigenvalue weighted by molar-refractivity contribution is -0.110. The number of aliphatic hydroxyl groups excluding tert-OH is 1. The summed E-state index contributed by atoms with van der Waals surface area (Å²) in [4.78, 5) is 15.3. The van der Waals surface area contributed by atoms with E-state index in [-0.39, 0.29) is 12.5 Å². The van der Waals surface area contributed by atoms with E-state index in [2.05, 4.69) is 10.3 Å². The van der Waals surface area contributed by atoms with Crippen LogP contribution in [-0.4, -0.2) is 29.7 Å². The van der Waals surface area contributed by atoms with Crippen molar-refractivity contribution in [1.82, 2.24) is 4.98 Å². The van der Waals surface area contributed by atoms with Gasteiger partial charge in [-0.05, 0) is 23.8 Å². The van der Waals surface area contributed by atoms with Crippen molar-refractivity contribution in [3.05, 3.63) is 53.4 Å². The van der Waals surface area contributed by atoms with Crippen molar-refractivity contribution in [2.45, 2.75) is 0 Å². The second kappa shape index (κ2) is 5.91. The molecule has 1 aliphatic heterocycles. The zero-order chi connectivity index (χ0) is 15.5. The fourth-order valence-corrected chi connectivity index (χ4v) is 2.54. The monoisotopic (exact) mass is 296 g/mol. The van der Waals surface area contributed by atoms with Crippen LogP contribution < -0.4 is 10.1 Å². The molecule has 1 amide bonds. The molecule has 0 spiro atoms. The van der Waals surface area contributed by atoms with E-state index in [4.69, 9.17) is 9.84 Å². The maximum atomic E-state index is 12.3. The number of rotatable bonds is 4. The number of fused-ring (bicyclic) bond motifs is 1. The number of aromatic nitrogens is 1. The number of amides is 1. The topological polar surface area (TPSA) is 74.4 Å². The Morgan fingerprint density at radius 1 is 1.32 bits per heavy atom. The number of aliphatic hydroxyl groups is 1. The maximum absolute atomic E-state index is 12.3. The Morgan fingerprint density at radius 3 is 2.95 bits per heavy atom. The minimum Gasteiger partial charge on any atom is -0.495 e. The lowest BCUT2D eigenvalue weighted by Gasteiger charge is -2.04. The molecular formula is C17H16N2O3. The first-order valence-corrected chi connectivity index (χ1v) is 6.90. The van der Waals surface area contributed by atoms with Crippen LogP contribution in [0, 0.1) is 0 Å². The van der Waals surface area contributed by atoms with Crippen molar-refractivity contribution < 1.29 is 14.6 Å². The first kappa shape index (κ1) is 14.2. The third-order valence-corrected chi connectivity index (χ3v) is 3.51. The van der Waals surface area contributed by atoms with Gasteiger partial charge in [-0.2, -0.15) is 0 Å². The minimum atomic E-state index is -0.156. The number of methoxy groups -OCH3 is 1. The molecule has 1 aliphatic rings. The van der Waals surface area contributed by atoms with Crippen molar-refractivity contribution in [2.24, 2.45) is 0 Å². The van der Waals surface area contributed by atoms with Crippen molar-refractivity contribution in [3.8, 4) is 5.75 Å². The molecule has 0 atom stereocenters. The Labute approximate surface area is 127 Å². The van der Waals surface area contributed by atoms with E-state index in [1.165, 1.54) is 0 Å². The summed E-state index contributed by atoms with van der Waals surface area (Å²) in [7, 11) is 1.59. The van der Waals surface area contributed by atoms with Gasteiger partial charge in [0.05, 0.1) is 25.0 Å². The Balaban J connectivity index is 2.13. The van der Waals surface area contributed by atoms with Gasteiger partial charge >= 0.3 is 0 Å². The molecule has 3 rings (SSSR count). The van der Waals surface area contributed by atoms with E-state index >= 15 is 0 Å². The second-order valence-electron chi connectivity index (χ2n) is 4.83. The number of nitrogens with one attached hydrogen (secondary N) is 2. The summed E-state index contributed by atoms with van der Waals surface area (Å²) < 4.78 is 5.26. The molecule has 1 aromatic heterocycles. The van der Waals surface area contributed by atoms with Crippen LogP contribution in [0.1, 0.15) is 16.8 Å². The molecule has 0 saturated carbocycles. The van der Waals surface area contributed by atoms with Gasteiger partial charge in [0.1, 0.15) is 5.75 Å². The largest absolute Gasteiger partial charge is 0.495 e. The first-order valence-electron chi connectivity index (χ1n) is 6.90. The summed E-state index contributed by atoms with van der Waals surface area (Å²) in [6, 6.07) is 7.44. The normalized spacial score (nSPS) is 15.4. The van der Waals surface area contributed by atoms with Crippen LogP contribution in [0.2, 0.25) is 0 Å². The molecule has 0 aliphatic carbocycles. The van der Waals surface area contributed by atoms with Crippen molar-refractivity contribution in [3.63, 3.8) is 0 Å². The summed E-state index contributed by atoms with van der Waals surface area (Å²) >= 11 is 0. The molecule has 22 heavy (non-hydrogen) atoms. The molecule has 0 fully saturated rings. The number of anilines is 1. The van der Waals surface area contributed by atoms with E-state index in [1.54, 1.807) is 37.6 Å². The number of carbonyl (C=O) groups is 1. The first-order chi connectivity index (χ1) is 10.7. The average molecular weight is 296 g/mol. The lowest BCUT2D eigenvalue weighted by atomic mass is 9.99. The standard InChI is InChI=1S/C17H16N2O3/c1-22-15-7-8-18-14(15)10-12-16-11(5-3-9-20)4-2-6-13(16)19-17(12)21/h2-8,10,18,20H,9H2,1H3,(H,19,21).